The van der Waals surface area contributed by atoms with Gasteiger partial charge < -0.3 is 14.4 Å². The summed E-state index contributed by atoms with van der Waals surface area (Å²) in [6, 6.07) is 26.7. The van der Waals surface area contributed by atoms with Crippen molar-refractivity contribution in [1.29, 1.82) is 0 Å². The van der Waals surface area contributed by atoms with Gasteiger partial charge in [-0.3, -0.25) is 4.99 Å². The number of aryl methyl sites for hydroxylation is 2. The topological polar surface area (TPSA) is 47.0 Å². The van der Waals surface area contributed by atoms with Crippen molar-refractivity contribution >= 4 is 23.1 Å². The van der Waals surface area contributed by atoms with E-state index in [2.05, 4.69) is 114 Å². The quantitative estimate of drug-likeness (QED) is 0.189. The monoisotopic (exact) mass is 792 g/mol. The molecule has 7 rings (SSSR count). The number of hydrogen-bond acceptors (Lipinski definition) is 5. The molecular weight excluding hydrogens is 750 g/mol. The van der Waals surface area contributed by atoms with Crippen LogP contribution in [-0.2, 0) is 36.6 Å². The van der Waals surface area contributed by atoms with Gasteiger partial charge in [0.25, 0.3) is 0 Å². The summed E-state index contributed by atoms with van der Waals surface area (Å²) in [5.41, 5.74) is 8.46. The average Bonchev–Trinajstić information content (AvgIpc) is 3.71. The zero-order valence-electron chi connectivity index (χ0n) is 27.9. The van der Waals surface area contributed by atoms with Crippen molar-refractivity contribution in [2.45, 2.75) is 91.0 Å². The first kappa shape index (κ1) is 32.5. The van der Waals surface area contributed by atoms with E-state index in [0.29, 0.717) is 29.9 Å². The van der Waals surface area contributed by atoms with Gasteiger partial charge in [0.1, 0.15) is 11.7 Å². The van der Waals surface area contributed by atoms with Gasteiger partial charge in [0.2, 0.25) is 0 Å². The number of hydrogen-bond donors (Lipinski definition) is 0. The Morgan fingerprint density at radius 3 is 2.46 bits per heavy atom. The zero-order valence-corrected chi connectivity index (χ0v) is 30.2. The third kappa shape index (κ3) is 5.81. The third-order valence-electron chi connectivity index (χ3n) is 9.92. The molecule has 0 unspecified atom stereocenters. The van der Waals surface area contributed by atoms with E-state index in [0.717, 1.165) is 33.9 Å². The van der Waals surface area contributed by atoms with Crippen molar-refractivity contribution in [2.24, 2.45) is 10.9 Å². The van der Waals surface area contributed by atoms with Crippen LogP contribution in [0.1, 0.15) is 93.7 Å². The minimum Gasteiger partial charge on any atom is -0.518 e. The molecular formula is C40H43N3O2Pt. The Morgan fingerprint density at radius 1 is 0.935 bits per heavy atom. The molecule has 1 fully saturated rings. The third-order valence-corrected chi connectivity index (χ3v) is 9.92. The largest absolute Gasteiger partial charge is 2.00 e. The summed E-state index contributed by atoms with van der Waals surface area (Å²) in [6.45, 7) is 16.1. The molecule has 1 atom stereocenters. The molecule has 0 N–H and O–H groups in total. The van der Waals surface area contributed by atoms with Gasteiger partial charge in [-0.2, -0.15) is 6.07 Å². The van der Waals surface area contributed by atoms with Gasteiger partial charge in [0.05, 0.1) is 12.6 Å². The first-order chi connectivity index (χ1) is 21.5. The summed E-state index contributed by atoms with van der Waals surface area (Å²) >= 11 is 0. The summed E-state index contributed by atoms with van der Waals surface area (Å²) in [4.78, 5) is 12.1. The van der Waals surface area contributed by atoms with E-state index in [-0.39, 0.29) is 37.9 Å². The molecule has 1 saturated carbocycles. The molecule has 3 aromatic carbocycles. The molecule has 240 valence electrons. The predicted molar refractivity (Wildman–Crippen MR) is 182 cm³/mol. The molecule has 2 aliphatic heterocycles. The Hall–Kier alpha value is -3.43. The second kappa shape index (κ2) is 12.3. The van der Waals surface area contributed by atoms with Crippen LogP contribution in [0.15, 0.2) is 65.8 Å². The molecule has 0 spiro atoms. The van der Waals surface area contributed by atoms with Gasteiger partial charge in [0, 0.05) is 23.4 Å². The normalized spacial score (nSPS) is 18.7. The average molecular weight is 793 g/mol. The maximum atomic E-state index is 6.61. The van der Waals surface area contributed by atoms with E-state index in [1.165, 1.54) is 42.4 Å². The Bertz CT molecular complexity index is 1800. The first-order valence-electron chi connectivity index (χ1n) is 16.4. The van der Waals surface area contributed by atoms with Crippen LogP contribution in [0.25, 0.3) is 0 Å². The standard InChI is InChI=1S/C40H43N3O2.Pt/c1-25-20-26(2)36(23-30(25)38-42-33(24-44-38)27-12-8-9-13-27)45-29-16-17-32-35(22-29)43(34-15-11-10-14-31(34)40(32,6)7)37-21-28(18-19-41-37)39(3,4)5;/h10-11,14-21,27,33H,8-9,12-13,24H2,1-7H3;/q-2;+2/t33-;/m0./s1. The fourth-order valence-corrected chi connectivity index (χ4v) is 7.23. The zero-order chi connectivity index (χ0) is 31.5. The van der Waals surface area contributed by atoms with E-state index in [9.17, 15) is 0 Å². The Balaban J connectivity index is 0.00000372. The number of fused-ring (bicyclic) bond motifs is 2. The molecule has 1 aromatic heterocycles. The number of anilines is 3. The molecule has 3 heterocycles. The predicted octanol–water partition coefficient (Wildman–Crippen LogP) is 9.83. The molecule has 1 aliphatic carbocycles. The van der Waals surface area contributed by atoms with Gasteiger partial charge in [-0.15, -0.1) is 29.3 Å². The van der Waals surface area contributed by atoms with Gasteiger partial charge in [-0.1, -0.05) is 102 Å². The van der Waals surface area contributed by atoms with Crippen LogP contribution in [0.3, 0.4) is 0 Å². The fourth-order valence-electron chi connectivity index (χ4n) is 7.23. The molecule has 0 amide bonds. The number of para-hydroxylation sites is 1. The maximum absolute atomic E-state index is 6.61. The van der Waals surface area contributed by atoms with Crippen molar-refractivity contribution in [1.82, 2.24) is 4.98 Å². The number of aliphatic imine (C=N–C) groups is 1. The van der Waals surface area contributed by atoms with Crippen LogP contribution in [0.2, 0.25) is 0 Å². The minimum atomic E-state index is -0.230. The number of aromatic nitrogens is 1. The molecule has 46 heavy (non-hydrogen) atoms. The molecule has 5 nitrogen and oxygen atoms in total. The van der Waals surface area contributed by atoms with Gasteiger partial charge >= 0.3 is 21.1 Å². The van der Waals surface area contributed by atoms with Crippen LogP contribution < -0.4 is 9.64 Å². The van der Waals surface area contributed by atoms with Crippen molar-refractivity contribution in [3.8, 4) is 11.5 Å². The van der Waals surface area contributed by atoms with E-state index in [1.54, 1.807) is 0 Å². The van der Waals surface area contributed by atoms with Gasteiger partial charge in [0.15, 0.2) is 0 Å². The summed E-state index contributed by atoms with van der Waals surface area (Å²) in [5.74, 6) is 3.49. The number of ether oxygens (including phenoxy) is 2. The summed E-state index contributed by atoms with van der Waals surface area (Å²) < 4.78 is 12.8. The van der Waals surface area contributed by atoms with Crippen LogP contribution >= 0.6 is 0 Å². The molecule has 6 heteroatoms. The number of benzene rings is 3. The minimum absolute atomic E-state index is 0. The fraction of sp³-hybridized carbons (Fsp3) is 0.400. The van der Waals surface area contributed by atoms with Crippen molar-refractivity contribution < 1.29 is 30.5 Å². The van der Waals surface area contributed by atoms with E-state index >= 15 is 0 Å². The van der Waals surface area contributed by atoms with Gasteiger partial charge in [-0.05, 0) is 58.9 Å². The van der Waals surface area contributed by atoms with Gasteiger partial charge in [-0.25, -0.2) is 4.98 Å². The Kier molecular flexibility index (Phi) is 8.69. The summed E-state index contributed by atoms with van der Waals surface area (Å²) in [7, 11) is 0. The molecule has 3 aliphatic rings. The number of rotatable bonds is 5. The Labute approximate surface area is 288 Å². The van der Waals surface area contributed by atoms with Crippen LogP contribution in [0, 0.1) is 31.9 Å². The smallest absolute Gasteiger partial charge is 0.518 e. The van der Waals surface area contributed by atoms with E-state index in [1.807, 2.05) is 12.3 Å². The SMILES string of the molecule is Cc1cc(C)c(C2=N[C@H](C3CCCC3)CO2)[c-]c1Oc1[c-]c2c(cc1)C(C)(C)c1ccccc1N2c1cc(C(C)(C)C)ccn1.[Pt+2]. The molecule has 0 radical (unpaired) electrons. The Morgan fingerprint density at radius 2 is 1.70 bits per heavy atom. The van der Waals surface area contributed by atoms with Crippen LogP contribution in [0.5, 0.6) is 11.5 Å². The van der Waals surface area contributed by atoms with Crippen molar-refractivity contribution in [2.75, 3.05) is 11.5 Å². The van der Waals surface area contributed by atoms with Crippen LogP contribution in [-0.4, -0.2) is 23.5 Å². The van der Waals surface area contributed by atoms with E-state index in [4.69, 9.17) is 19.5 Å². The van der Waals surface area contributed by atoms with Crippen LogP contribution in [0.4, 0.5) is 17.2 Å². The molecule has 4 aromatic rings. The first-order valence-corrected chi connectivity index (χ1v) is 16.4. The number of pyridine rings is 1. The summed E-state index contributed by atoms with van der Waals surface area (Å²) in [5, 5.41) is 0. The van der Waals surface area contributed by atoms with E-state index < -0.39 is 0 Å². The van der Waals surface area contributed by atoms with Crippen molar-refractivity contribution in [3.63, 3.8) is 0 Å². The van der Waals surface area contributed by atoms with Crippen molar-refractivity contribution in [3.05, 3.63) is 106 Å². The second-order valence-corrected chi connectivity index (χ2v) is 14.5. The molecule has 0 saturated heterocycles. The maximum Gasteiger partial charge on any atom is 2.00 e. The summed E-state index contributed by atoms with van der Waals surface area (Å²) in [6.07, 6.45) is 7.01. The molecule has 0 bridgehead atoms. The second-order valence-electron chi connectivity index (χ2n) is 14.5. The number of nitrogens with zero attached hydrogens (tertiary/aromatic N) is 3.